The van der Waals surface area contributed by atoms with Gasteiger partial charge in [0.2, 0.25) is 0 Å². The average Bonchev–Trinajstić information content (AvgIpc) is 2.03. The van der Waals surface area contributed by atoms with Crippen molar-refractivity contribution in [1.29, 1.82) is 0 Å². The van der Waals surface area contributed by atoms with Gasteiger partial charge in [-0.3, -0.25) is 4.79 Å². The van der Waals surface area contributed by atoms with Gasteiger partial charge < -0.3 is 0 Å². The Bertz CT molecular complexity index is 132. The summed E-state index contributed by atoms with van der Waals surface area (Å²) in [6, 6.07) is 0. The third-order valence-corrected chi connectivity index (χ3v) is 2.00. The van der Waals surface area contributed by atoms with Crippen molar-refractivity contribution < 1.29 is 4.79 Å². The van der Waals surface area contributed by atoms with Crippen LogP contribution in [0.5, 0.6) is 0 Å². The molecule has 0 aromatic rings. The molecule has 0 heterocycles. The number of carbonyl (C=O) groups excluding carboxylic acids is 1. The van der Waals surface area contributed by atoms with Crippen molar-refractivity contribution in [2.75, 3.05) is 0 Å². The Balaban J connectivity index is 3.43. The van der Waals surface area contributed by atoms with Crippen LogP contribution in [0.15, 0.2) is 12.7 Å². The first-order valence-corrected chi connectivity index (χ1v) is 4.46. The summed E-state index contributed by atoms with van der Waals surface area (Å²) in [6.07, 6.45) is 5.41. The Morgan fingerprint density at radius 3 is 2.73 bits per heavy atom. The zero-order chi connectivity index (χ0) is 8.69. The molecule has 0 aliphatic rings. The first kappa shape index (κ1) is 10.7. The number of allylic oxidation sites excluding steroid dienone is 1. The molecule has 1 nitrogen and oxygen atoms in total. The fourth-order valence-electron chi connectivity index (χ4n) is 0.844. The highest BCUT2D eigenvalue weighted by atomic mass is 35.5. The fourth-order valence-corrected chi connectivity index (χ4v) is 1.09. The molecule has 64 valence electrons. The Labute approximate surface area is 73.4 Å². The number of rotatable bonds is 6. The van der Waals surface area contributed by atoms with E-state index in [1.165, 1.54) is 6.08 Å². The van der Waals surface area contributed by atoms with E-state index in [2.05, 4.69) is 13.5 Å². The van der Waals surface area contributed by atoms with Crippen molar-refractivity contribution >= 4 is 17.4 Å². The Kier molecular flexibility index (Phi) is 6.24. The molecule has 0 bridgehead atoms. The molecular weight excluding hydrogens is 160 g/mol. The van der Waals surface area contributed by atoms with E-state index >= 15 is 0 Å². The van der Waals surface area contributed by atoms with Gasteiger partial charge in [0.1, 0.15) is 0 Å². The van der Waals surface area contributed by atoms with Crippen LogP contribution in [0.25, 0.3) is 0 Å². The third-order valence-electron chi connectivity index (χ3n) is 1.57. The summed E-state index contributed by atoms with van der Waals surface area (Å²) < 4.78 is 0. The molecule has 0 radical (unpaired) electrons. The van der Waals surface area contributed by atoms with Gasteiger partial charge in [0.25, 0.3) is 0 Å². The number of hydrogen-bond acceptors (Lipinski definition) is 1. The van der Waals surface area contributed by atoms with Crippen LogP contribution in [-0.4, -0.2) is 11.2 Å². The van der Waals surface area contributed by atoms with Gasteiger partial charge in [-0.15, -0.1) is 11.6 Å². The van der Waals surface area contributed by atoms with Gasteiger partial charge in [-0.2, -0.15) is 0 Å². The molecule has 0 amide bonds. The molecule has 2 heteroatoms. The van der Waals surface area contributed by atoms with Crippen LogP contribution in [-0.2, 0) is 4.79 Å². The number of ketones is 1. The van der Waals surface area contributed by atoms with Gasteiger partial charge in [0, 0.05) is 0 Å². The maximum absolute atomic E-state index is 10.9. The molecule has 1 unspecified atom stereocenters. The van der Waals surface area contributed by atoms with E-state index < -0.39 is 0 Å². The van der Waals surface area contributed by atoms with Crippen molar-refractivity contribution in [1.82, 2.24) is 0 Å². The van der Waals surface area contributed by atoms with Crippen LogP contribution in [0.3, 0.4) is 0 Å². The molecule has 0 saturated heterocycles. The highest BCUT2D eigenvalue weighted by Crippen LogP contribution is 2.10. The molecule has 1 atom stereocenters. The predicted octanol–water partition coefficient (Wildman–Crippen LogP) is 2.93. The molecule has 0 aromatic carbocycles. The molecular formula is C9H15ClO. The lowest BCUT2D eigenvalue weighted by Gasteiger charge is -2.03. The van der Waals surface area contributed by atoms with E-state index in [0.29, 0.717) is 0 Å². The number of carbonyl (C=O) groups is 1. The minimum atomic E-state index is -0.348. The van der Waals surface area contributed by atoms with Gasteiger partial charge in [-0.1, -0.05) is 32.8 Å². The summed E-state index contributed by atoms with van der Waals surface area (Å²) in [7, 11) is 0. The monoisotopic (exact) mass is 174 g/mol. The molecule has 0 aliphatic carbocycles. The maximum atomic E-state index is 10.9. The fraction of sp³-hybridized carbons (Fsp3) is 0.667. The summed E-state index contributed by atoms with van der Waals surface area (Å²) in [4.78, 5) is 10.9. The zero-order valence-corrected chi connectivity index (χ0v) is 7.73. The van der Waals surface area contributed by atoms with Crippen LogP contribution in [0, 0.1) is 0 Å². The zero-order valence-electron chi connectivity index (χ0n) is 6.98. The average molecular weight is 175 g/mol. The second-order valence-electron chi connectivity index (χ2n) is 2.57. The molecule has 0 spiro atoms. The summed E-state index contributed by atoms with van der Waals surface area (Å²) in [5, 5.41) is -0.348. The largest absolute Gasteiger partial charge is 0.293 e. The maximum Gasteiger partial charge on any atom is 0.172 e. The second kappa shape index (κ2) is 6.41. The first-order valence-electron chi connectivity index (χ1n) is 4.02. The Morgan fingerprint density at radius 2 is 2.27 bits per heavy atom. The smallest absolute Gasteiger partial charge is 0.172 e. The standard InChI is InChI=1S/C9H15ClO/c1-3-5-6-7-8(10)9(11)4-2/h4,8H,2-3,5-7H2,1H3. The van der Waals surface area contributed by atoms with Crippen molar-refractivity contribution in [3.8, 4) is 0 Å². The quantitative estimate of drug-likeness (QED) is 0.344. The number of halogens is 1. The van der Waals surface area contributed by atoms with Crippen LogP contribution in [0.2, 0.25) is 0 Å². The van der Waals surface area contributed by atoms with E-state index in [4.69, 9.17) is 11.6 Å². The van der Waals surface area contributed by atoms with E-state index in [-0.39, 0.29) is 11.2 Å². The van der Waals surface area contributed by atoms with Gasteiger partial charge >= 0.3 is 0 Å². The summed E-state index contributed by atoms with van der Waals surface area (Å²) in [5.41, 5.74) is 0. The number of unbranched alkanes of at least 4 members (excludes halogenated alkanes) is 2. The van der Waals surface area contributed by atoms with Gasteiger partial charge in [-0.05, 0) is 12.5 Å². The van der Waals surface area contributed by atoms with Crippen molar-refractivity contribution in [3.05, 3.63) is 12.7 Å². The van der Waals surface area contributed by atoms with E-state index in [1.807, 2.05) is 0 Å². The highest BCUT2D eigenvalue weighted by Gasteiger charge is 2.09. The lowest BCUT2D eigenvalue weighted by Crippen LogP contribution is -2.10. The molecule has 0 N–H and O–H groups in total. The van der Waals surface area contributed by atoms with Crippen molar-refractivity contribution in [3.63, 3.8) is 0 Å². The van der Waals surface area contributed by atoms with E-state index in [9.17, 15) is 4.79 Å². The van der Waals surface area contributed by atoms with Gasteiger partial charge in [0.15, 0.2) is 5.78 Å². The van der Waals surface area contributed by atoms with Crippen molar-refractivity contribution in [2.45, 2.75) is 38.0 Å². The minimum Gasteiger partial charge on any atom is -0.293 e. The minimum absolute atomic E-state index is 0.0530. The lowest BCUT2D eigenvalue weighted by atomic mass is 10.1. The Hall–Kier alpha value is -0.300. The van der Waals surface area contributed by atoms with Gasteiger partial charge in [0.05, 0.1) is 5.38 Å². The highest BCUT2D eigenvalue weighted by molar-refractivity contribution is 6.32. The van der Waals surface area contributed by atoms with Crippen LogP contribution < -0.4 is 0 Å². The number of alkyl halides is 1. The lowest BCUT2D eigenvalue weighted by molar-refractivity contribution is -0.114. The van der Waals surface area contributed by atoms with E-state index in [1.54, 1.807) is 0 Å². The summed E-state index contributed by atoms with van der Waals surface area (Å²) in [6.45, 7) is 5.50. The molecule has 0 aliphatic heterocycles. The Morgan fingerprint density at radius 1 is 1.64 bits per heavy atom. The predicted molar refractivity (Wildman–Crippen MR) is 49.0 cm³/mol. The van der Waals surface area contributed by atoms with Crippen LogP contribution >= 0.6 is 11.6 Å². The molecule has 0 saturated carbocycles. The summed E-state index contributed by atoms with van der Waals surface area (Å²) in [5.74, 6) is -0.0530. The topological polar surface area (TPSA) is 17.1 Å². The molecule has 0 aromatic heterocycles. The molecule has 0 rings (SSSR count). The molecule has 0 fully saturated rings. The normalized spacial score (nSPS) is 12.5. The third kappa shape index (κ3) is 5.02. The molecule has 11 heavy (non-hydrogen) atoms. The number of hydrogen-bond donors (Lipinski definition) is 0. The second-order valence-corrected chi connectivity index (χ2v) is 3.10. The van der Waals surface area contributed by atoms with Crippen LogP contribution in [0.4, 0.5) is 0 Å². The summed E-state index contributed by atoms with van der Waals surface area (Å²) >= 11 is 5.75. The SMILES string of the molecule is C=CC(=O)C(Cl)CCCCC. The van der Waals surface area contributed by atoms with E-state index in [0.717, 1.165) is 25.7 Å². The van der Waals surface area contributed by atoms with Crippen LogP contribution in [0.1, 0.15) is 32.6 Å². The van der Waals surface area contributed by atoms with Gasteiger partial charge in [-0.25, -0.2) is 0 Å². The first-order chi connectivity index (χ1) is 5.22. The van der Waals surface area contributed by atoms with Crippen molar-refractivity contribution in [2.24, 2.45) is 0 Å².